The Morgan fingerprint density at radius 2 is 1.48 bits per heavy atom. The average molecular weight is 329 g/mol. The zero-order chi connectivity index (χ0) is 18.2. The fourth-order valence-corrected chi connectivity index (χ4v) is 1.61. The Morgan fingerprint density at radius 1 is 0.957 bits per heavy atom. The molecule has 0 radical (unpaired) electrons. The highest BCUT2D eigenvalue weighted by Crippen LogP contribution is 2.11. The molecule has 1 atom stereocenters. The van der Waals surface area contributed by atoms with Crippen molar-refractivity contribution >= 4 is 23.7 Å². The standard InChI is InChI=1S/C15H27N3O5/c1-9(2)6-10(13(21)22)18-12(20)8-16-11(19)7-17-14(23)15(3,4)5/h9-10H,6-8H2,1-5H3,(H,16,19)(H,17,23)(H,18,20)(H,21,22)/t10-/m0/s1. The van der Waals surface area contributed by atoms with Crippen LogP contribution in [0.25, 0.3) is 0 Å². The van der Waals surface area contributed by atoms with E-state index in [1.54, 1.807) is 20.8 Å². The highest BCUT2D eigenvalue weighted by atomic mass is 16.4. The zero-order valence-electron chi connectivity index (χ0n) is 14.4. The van der Waals surface area contributed by atoms with Gasteiger partial charge in [0, 0.05) is 5.41 Å². The van der Waals surface area contributed by atoms with Gasteiger partial charge in [0.1, 0.15) is 6.04 Å². The van der Waals surface area contributed by atoms with Gasteiger partial charge >= 0.3 is 5.97 Å². The molecule has 0 rings (SSSR count). The Balaban J connectivity index is 4.20. The molecule has 132 valence electrons. The average Bonchev–Trinajstić information content (AvgIpc) is 2.39. The Bertz CT molecular complexity index is 455. The van der Waals surface area contributed by atoms with Crippen molar-refractivity contribution in [2.75, 3.05) is 13.1 Å². The predicted octanol–water partition coefficient (Wildman–Crippen LogP) is -0.120. The number of carbonyl (C=O) groups is 4. The van der Waals surface area contributed by atoms with Crippen LogP contribution in [0.2, 0.25) is 0 Å². The quantitative estimate of drug-likeness (QED) is 0.494. The molecule has 0 aromatic heterocycles. The van der Waals surface area contributed by atoms with Gasteiger partial charge in [0.15, 0.2) is 0 Å². The number of carboxylic acids is 1. The van der Waals surface area contributed by atoms with Crippen molar-refractivity contribution in [1.82, 2.24) is 16.0 Å². The molecule has 0 fully saturated rings. The van der Waals surface area contributed by atoms with Gasteiger partial charge in [-0.1, -0.05) is 34.6 Å². The van der Waals surface area contributed by atoms with Gasteiger partial charge in [0.05, 0.1) is 13.1 Å². The molecule has 8 nitrogen and oxygen atoms in total. The van der Waals surface area contributed by atoms with Crippen LogP contribution in [0.4, 0.5) is 0 Å². The molecular weight excluding hydrogens is 302 g/mol. The number of aliphatic carboxylic acids is 1. The number of rotatable bonds is 8. The van der Waals surface area contributed by atoms with Gasteiger partial charge in [-0.2, -0.15) is 0 Å². The lowest BCUT2D eigenvalue weighted by Gasteiger charge is -2.18. The molecule has 0 saturated carbocycles. The van der Waals surface area contributed by atoms with Gasteiger partial charge < -0.3 is 21.1 Å². The van der Waals surface area contributed by atoms with Gasteiger partial charge in [-0.25, -0.2) is 4.79 Å². The SMILES string of the molecule is CC(C)C[C@H](NC(=O)CNC(=O)CNC(=O)C(C)(C)C)C(=O)O. The highest BCUT2D eigenvalue weighted by molar-refractivity contribution is 5.90. The van der Waals surface area contributed by atoms with Crippen LogP contribution >= 0.6 is 0 Å². The van der Waals surface area contributed by atoms with Crippen LogP contribution < -0.4 is 16.0 Å². The van der Waals surface area contributed by atoms with Crippen LogP contribution in [0.15, 0.2) is 0 Å². The first kappa shape index (κ1) is 20.9. The molecule has 23 heavy (non-hydrogen) atoms. The van der Waals surface area contributed by atoms with E-state index < -0.39 is 29.2 Å². The predicted molar refractivity (Wildman–Crippen MR) is 84.5 cm³/mol. The topological polar surface area (TPSA) is 125 Å². The number of carbonyl (C=O) groups excluding carboxylic acids is 3. The van der Waals surface area contributed by atoms with Gasteiger partial charge in [0.2, 0.25) is 17.7 Å². The molecule has 0 heterocycles. The first-order valence-electron chi connectivity index (χ1n) is 7.50. The molecule has 0 unspecified atom stereocenters. The van der Waals surface area contributed by atoms with Crippen molar-refractivity contribution in [2.45, 2.75) is 47.1 Å². The van der Waals surface area contributed by atoms with E-state index in [0.29, 0.717) is 6.42 Å². The van der Waals surface area contributed by atoms with E-state index in [4.69, 9.17) is 5.11 Å². The molecule has 0 aromatic carbocycles. The van der Waals surface area contributed by atoms with Crippen molar-refractivity contribution in [3.63, 3.8) is 0 Å². The fraction of sp³-hybridized carbons (Fsp3) is 0.733. The fourth-order valence-electron chi connectivity index (χ4n) is 1.61. The maximum Gasteiger partial charge on any atom is 0.326 e. The van der Waals surface area contributed by atoms with E-state index in [1.165, 1.54) is 0 Å². The summed E-state index contributed by atoms with van der Waals surface area (Å²) in [6, 6.07) is -0.986. The van der Waals surface area contributed by atoms with E-state index in [0.717, 1.165) is 0 Å². The van der Waals surface area contributed by atoms with Crippen molar-refractivity contribution in [2.24, 2.45) is 11.3 Å². The number of carboxylic acid groups (broad SMARTS) is 1. The highest BCUT2D eigenvalue weighted by Gasteiger charge is 2.22. The normalized spacial score (nSPS) is 12.4. The molecule has 0 saturated heterocycles. The smallest absolute Gasteiger partial charge is 0.326 e. The third-order valence-corrected chi connectivity index (χ3v) is 2.88. The van der Waals surface area contributed by atoms with Crippen LogP contribution in [0.5, 0.6) is 0 Å². The lowest BCUT2D eigenvalue weighted by molar-refractivity contribution is -0.142. The Morgan fingerprint density at radius 3 is 1.91 bits per heavy atom. The van der Waals surface area contributed by atoms with Gasteiger partial charge in [-0.05, 0) is 12.3 Å². The first-order chi connectivity index (χ1) is 10.4. The van der Waals surface area contributed by atoms with E-state index in [-0.39, 0.29) is 24.9 Å². The Kier molecular flexibility index (Phi) is 8.28. The number of nitrogens with one attached hydrogen (secondary N) is 3. The molecule has 0 aliphatic rings. The summed E-state index contributed by atoms with van der Waals surface area (Å²) in [5, 5.41) is 16.2. The summed E-state index contributed by atoms with van der Waals surface area (Å²) in [5.41, 5.74) is -0.608. The van der Waals surface area contributed by atoms with E-state index in [9.17, 15) is 19.2 Å². The lowest BCUT2D eigenvalue weighted by atomic mass is 9.96. The second-order valence-electron chi connectivity index (χ2n) is 6.80. The summed E-state index contributed by atoms with van der Waals surface area (Å²) in [4.78, 5) is 45.8. The minimum atomic E-state index is -1.11. The molecule has 3 amide bonds. The molecule has 8 heteroatoms. The third-order valence-electron chi connectivity index (χ3n) is 2.88. The largest absolute Gasteiger partial charge is 0.480 e. The van der Waals surface area contributed by atoms with Gasteiger partial charge in [-0.15, -0.1) is 0 Å². The number of hydrogen-bond acceptors (Lipinski definition) is 4. The lowest BCUT2D eigenvalue weighted by Crippen LogP contribution is -2.48. The Labute approximate surface area is 136 Å². The second-order valence-corrected chi connectivity index (χ2v) is 6.80. The van der Waals surface area contributed by atoms with Crippen LogP contribution in [-0.4, -0.2) is 47.9 Å². The molecule has 0 bridgehead atoms. The van der Waals surface area contributed by atoms with Crippen molar-refractivity contribution in [1.29, 1.82) is 0 Å². The number of amides is 3. The van der Waals surface area contributed by atoms with Crippen molar-refractivity contribution in [3.8, 4) is 0 Å². The molecular formula is C15H27N3O5. The third kappa shape index (κ3) is 9.49. The van der Waals surface area contributed by atoms with E-state index >= 15 is 0 Å². The summed E-state index contributed by atoms with van der Waals surface area (Å²) in [7, 11) is 0. The van der Waals surface area contributed by atoms with Crippen LogP contribution in [0, 0.1) is 11.3 Å². The molecule has 0 aliphatic carbocycles. The Hall–Kier alpha value is -2.12. The van der Waals surface area contributed by atoms with Crippen molar-refractivity contribution < 1.29 is 24.3 Å². The van der Waals surface area contributed by atoms with Crippen LogP contribution in [0.3, 0.4) is 0 Å². The maximum absolute atomic E-state index is 11.7. The van der Waals surface area contributed by atoms with Crippen LogP contribution in [0.1, 0.15) is 41.0 Å². The molecule has 0 spiro atoms. The summed E-state index contributed by atoms with van der Waals surface area (Å²) in [6.45, 7) is 8.27. The minimum Gasteiger partial charge on any atom is -0.480 e. The first-order valence-corrected chi connectivity index (χ1v) is 7.50. The molecule has 0 aromatic rings. The minimum absolute atomic E-state index is 0.110. The molecule has 4 N–H and O–H groups in total. The van der Waals surface area contributed by atoms with E-state index in [1.807, 2.05) is 13.8 Å². The monoisotopic (exact) mass is 329 g/mol. The zero-order valence-corrected chi connectivity index (χ0v) is 14.4. The summed E-state index contributed by atoms with van der Waals surface area (Å²) in [6.07, 6.45) is 0.302. The van der Waals surface area contributed by atoms with Crippen molar-refractivity contribution in [3.05, 3.63) is 0 Å². The van der Waals surface area contributed by atoms with Crippen LogP contribution in [-0.2, 0) is 19.2 Å². The van der Waals surface area contributed by atoms with Gasteiger partial charge in [0.25, 0.3) is 0 Å². The second kappa shape index (κ2) is 9.12. The summed E-state index contributed by atoms with van der Waals surface area (Å²) < 4.78 is 0. The summed E-state index contributed by atoms with van der Waals surface area (Å²) >= 11 is 0. The number of hydrogen-bond donors (Lipinski definition) is 4. The molecule has 0 aliphatic heterocycles. The van der Waals surface area contributed by atoms with E-state index in [2.05, 4.69) is 16.0 Å². The summed E-state index contributed by atoms with van der Waals surface area (Å²) in [5.74, 6) is -2.39. The maximum atomic E-state index is 11.7. The van der Waals surface area contributed by atoms with Gasteiger partial charge in [-0.3, -0.25) is 14.4 Å².